The van der Waals surface area contributed by atoms with Gasteiger partial charge < -0.3 is 20.3 Å². The second-order valence-corrected chi connectivity index (χ2v) is 23.1. The lowest BCUT2D eigenvalue weighted by molar-refractivity contribution is -0.143. The highest BCUT2D eigenvalue weighted by Gasteiger charge is 2.20. The predicted molar refractivity (Wildman–Crippen MR) is 329 cm³/mol. The van der Waals surface area contributed by atoms with Crippen molar-refractivity contribution in [2.24, 2.45) is 0 Å². The minimum absolute atomic E-state index is 0.0180. The maximum absolute atomic E-state index is 12.5. The van der Waals surface area contributed by atoms with Crippen molar-refractivity contribution in [3.63, 3.8) is 0 Å². The van der Waals surface area contributed by atoms with Crippen molar-refractivity contribution < 1.29 is 24.5 Å². The zero-order chi connectivity index (χ0) is 54.3. The molecule has 75 heavy (non-hydrogen) atoms. The van der Waals surface area contributed by atoms with Gasteiger partial charge in [0.05, 0.1) is 25.4 Å². The number of nitrogens with one attached hydrogen (secondary N) is 1. The Morgan fingerprint density at radius 1 is 0.373 bits per heavy atom. The number of hydrogen-bond donors (Lipinski definition) is 3. The molecule has 6 heteroatoms. The summed E-state index contributed by atoms with van der Waals surface area (Å²) in [4.78, 5) is 24.6. The minimum atomic E-state index is -0.677. The second-order valence-electron chi connectivity index (χ2n) is 23.1. The average Bonchev–Trinajstić information content (AvgIpc) is 3.41. The Balaban J connectivity index is 3.48. The van der Waals surface area contributed by atoms with Gasteiger partial charge in [-0.3, -0.25) is 9.59 Å². The van der Waals surface area contributed by atoms with E-state index in [9.17, 15) is 19.8 Å². The summed E-state index contributed by atoms with van der Waals surface area (Å²) >= 11 is 0. The van der Waals surface area contributed by atoms with Crippen LogP contribution in [0.5, 0.6) is 0 Å². The third-order valence-corrected chi connectivity index (χ3v) is 15.7. The molecule has 0 rings (SSSR count). The molecule has 0 aromatic heterocycles. The van der Waals surface area contributed by atoms with Crippen molar-refractivity contribution in [1.29, 1.82) is 0 Å². The first kappa shape index (κ1) is 73.1. The first-order chi connectivity index (χ1) is 37.0. The van der Waals surface area contributed by atoms with Crippen LogP contribution in [0.1, 0.15) is 367 Å². The molecule has 6 nitrogen and oxygen atoms in total. The minimum Gasteiger partial charge on any atom is -0.466 e. The molecule has 0 heterocycles. The van der Waals surface area contributed by atoms with E-state index in [0.717, 1.165) is 83.5 Å². The lowest BCUT2D eigenvalue weighted by Crippen LogP contribution is -2.45. The molecule has 0 radical (unpaired) electrons. The topological polar surface area (TPSA) is 95.9 Å². The second kappa shape index (κ2) is 64.6. The van der Waals surface area contributed by atoms with Crippen LogP contribution < -0.4 is 5.32 Å². The van der Waals surface area contributed by atoms with Crippen molar-refractivity contribution in [2.45, 2.75) is 379 Å². The van der Waals surface area contributed by atoms with Crippen LogP contribution in [0.3, 0.4) is 0 Å². The van der Waals surface area contributed by atoms with Gasteiger partial charge in [0.25, 0.3) is 0 Å². The molecule has 0 aliphatic rings. The van der Waals surface area contributed by atoms with Crippen molar-refractivity contribution in [3.05, 3.63) is 36.5 Å². The highest BCUT2D eigenvalue weighted by Crippen LogP contribution is 2.18. The van der Waals surface area contributed by atoms with Crippen LogP contribution in [0.25, 0.3) is 0 Å². The van der Waals surface area contributed by atoms with Gasteiger partial charge in [0.1, 0.15) is 0 Å². The fourth-order valence-electron chi connectivity index (χ4n) is 10.5. The maximum atomic E-state index is 12.5. The Morgan fingerprint density at radius 3 is 1.03 bits per heavy atom. The summed E-state index contributed by atoms with van der Waals surface area (Å²) in [6, 6.07) is -0.556. The first-order valence-corrected chi connectivity index (χ1v) is 33.7. The molecule has 2 unspecified atom stereocenters. The van der Waals surface area contributed by atoms with Crippen molar-refractivity contribution in [1.82, 2.24) is 5.32 Å². The molecule has 0 aromatic carbocycles. The molecule has 2 atom stereocenters. The molecular weight excluding hydrogens is 923 g/mol. The van der Waals surface area contributed by atoms with E-state index < -0.39 is 12.1 Å². The molecule has 0 saturated carbocycles. The third-order valence-electron chi connectivity index (χ3n) is 15.7. The molecule has 1 amide bonds. The summed E-state index contributed by atoms with van der Waals surface area (Å²) < 4.78 is 5.47. The molecule has 442 valence electrons. The largest absolute Gasteiger partial charge is 0.466 e. The summed E-state index contributed by atoms with van der Waals surface area (Å²) in [5, 5.41) is 23.4. The van der Waals surface area contributed by atoms with Gasteiger partial charge in [-0.25, -0.2) is 0 Å². The first-order valence-electron chi connectivity index (χ1n) is 33.7. The maximum Gasteiger partial charge on any atom is 0.305 e. The van der Waals surface area contributed by atoms with Crippen LogP contribution in [0.2, 0.25) is 0 Å². The Labute approximate surface area is 468 Å². The zero-order valence-electron chi connectivity index (χ0n) is 50.5. The van der Waals surface area contributed by atoms with Gasteiger partial charge in [-0.05, 0) is 89.9 Å². The lowest BCUT2D eigenvalue weighted by Gasteiger charge is -2.22. The molecule has 0 saturated heterocycles. The number of unbranched alkanes of at least 4 members (excludes halogenated alkanes) is 46. The number of aliphatic hydroxyl groups excluding tert-OH is 2. The smallest absolute Gasteiger partial charge is 0.305 e. The van der Waals surface area contributed by atoms with Crippen LogP contribution in [0.15, 0.2) is 36.5 Å². The van der Waals surface area contributed by atoms with Crippen molar-refractivity contribution in [3.8, 4) is 0 Å². The number of amides is 1. The molecular formula is C69H131NO5. The average molecular weight is 1050 g/mol. The normalized spacial score (nSPS) is 12.7. The van der Waals surface area contributed by atoms with Gasteiger partial charge in [-0.2, -0.15) is 0 Å². The van der Waals surface area contributed by atoms with Crippen molar-refractivity contribution in [2.75, 3.05) is 13.2 Å². The predicted octanol–water partition coefficient (Wildman–Crippen LogP) is 21.5. The molecule has 0 fully saturated rings. The van der Waals surface area contributed by atoms with Gasteiger partial charge in [-0.1, -0.05) is 301 Å². The molecule has 0 aliphatic heterocycles. The van der Waals surface area contributed by atoms with Gasteiger partial charge in [0, 0.05) is 12.8 Å². The Bertz CT molecular complexity index is 1210. The van der Waals surface area contributed by atoms with Gasteiger partial charge in [-0.15, -0.1) is 0 Å². The third kappa shape index (κ3) is 61.2. The Hall–Kier alpha value is -1.92. The van der Waals surface area contributed by atoms with E-state index in [-0.39, 0.29) is 18.5 Å². The fraction of sp³-hybridized carbons (Fsp3) is 0.884. The van der Waals surface area contributed by atoms with E-state index >= 15 is 0 Å². The van der Waals surface area contributed by atoms with E-state index in [1.165, 1.54) is 250 Å². The van der Waals surface area contributed by atoms with Crippen LogP contribution in [-0.4, -0.2) is 47.4 Å². The van der Waals surface area contributed by atoms with Crippen molar-refractivity contribution >= 4 is 11.9 Å². The summed E-state index contributed by atoms with van der Waals surface area (Å²) in [6.07, 6.45) is 81.7. The standard InChI is InChI=1S/C69H131NO5/c1-3-5-7-9-11-13-15-17-19-21-22-23-24-25-26-27-30-33-37-41-45-49-53-57-61-67(72)66(65-71)70-68(73)62-58-54-50-46-42-38-34-31-28-32-36-40-44-48-52-56-60-64-75-69(74)63-59-55-51-47-43-39-35-29-20-18-16-14-12-10-8-6-4-2/h18,20,28,32,40,44,66-67,71-72H,3-17,19,21-27,29-31,33-39,41-43,45-65H2,1-2H3,(H,70,73)/b20-18-,32-28-,44-40-. The monoisotopic (exact) mass is 1050 g/mol. The number of allylic oxidation sites excluding steroid dienone is 6. The molecule has 0 bridgehead atoms. The van der Waals surface area contributed by atoms with Gasteiger partial charge in [0.15, 0.2) is 0 Å². The fourth-order valence-corrected chi connectivity index (χ4v) is 10.5. The summed E-state index contributed by atoms with van der Waals surface area (Å²) in [7, 11) is 0. The van der Waals surface area contributed by atoms with Gasteiger partial charge >= 0.3 is 5.97 Å². The number of aliphatic hydroxyl groups is 2. The van der Waals surface area contributed by atoms with E-state index in [2.05, 4.69) is 55.6 Å². The van der Waals surface area contributed by atoms with E-state index in [1.54, 1.807) is 0 Å². The van der Waals surface area contributed by atoms with E-state index in [0.29, 0.717) is 25.9 Å². The quantitative estimate of drug-likeness (QED) is 0.0320. The highest BCUT2D eigenvalue weighted by atomic mass is 16.5. The number of carbonyl (C=O) groups is 2. The van der Waals surface area contributed by atoms with Crippen LogP contribution in [-0.2, 0) is 14.3 Å². The molecule has 3 N–H and O–H groups in total. The zero-order valence-corrected chi connectivity index (χ0v) is 50.5. The summed E-state index contributed by atoms with van der Waals surface area (Å²) in [5.41, 5.74) is 0. The number of ether oxygens (including phenoxy) is 1. The van der Waals surface area contributed by atoms with Crippen LogP contribution in [0.4, 0.5) is 0 Å². The Kier molecular flexibility index (Phi) is 63.0. The molecule has 0 aromatic rings. The highest BCUT2D eigenvalue weighted by molar-refractivity contribution is 5.76. The summed E-state index contributed by atoms with van der Waals surface area (Å²) in [6.45, 7) is 4.93. The number of esters is 1. The Morgan fingerprint density at radius 2 is 0.667 bits per heavy atom. The van der Waals surface area contributed by atoms with E-state index in [1.807, 2.05) is 0 Å². The van der Waals surface area contributed by atoms with E-state index in [4.69, 9.17) is 4.74 Å². The molecule has 0 spiro atoms. The lowest BCUT2D eigenvalue weighted by atomic mass is 10.0. The van der Waals surface area contributed by atoms with Gasteiger partial charge in [0.2, 0.25) is 5.91 Å². The molecule has 0 aliphatic carbocycles. The van der Waals surface area contributed by atoms with Crippen LogP contribution in [0, 0.1) is 0 Å². The number of hydrogen-bond acceptors (Lipinski definition) is 5. The summed E-state index contributed by atoms with van der Waals surface area (Å²) in [5.74, 6) is -0.0656. The number of rotatable bonds is 63. The van der Waals surface area contributed by atoms with Crippen LogP contribution >= 0.6 is 0 Å². The number of carbonyl (C=O) groups excluding carboxylic acids is 2. The SMILES string of the molecule is CCCCCCCC/C=C\CCCCCCCCCC(=O)OCCCCC/C=C\C/C=C\CCCCCCCCCC(=O)NC(CO)C(O)CCCCCCCCCCCCCCCCCCCCCCCCCC.